The number of benzene rings is 1. The number of carbonyl (C=O) groups excluding carboxylic acids is 1. The first-order valence-corrected chi connectivity index (χ1v) is 13.2. The molecule has 2 aromatic heterocycles. The van der Waals surface area contributed by atoms with Crippen molar-refractivity contribution in [3.05, 3.63) is 62.5 Å². The van der Waals surface area contributed by atoms with E-state index in [-0.39, 0.29) is 28.2 Å². The van der Waals surface area contributed by atoms with Gasteiger partial charge in [0.1, 0.15) is 22.3 Å². The number of aromatic nitrogens is 3. The van der Waals surface area contributed by atoms with Gasteiger partial charge in [0, 0.05) is 32.8 Å². The zero-order chi connectivity index (χ0) is 26.2. The SMILES string of the molecule is CC1C[C@@H]2CC3(C[C@@H]2C1)N(C)C(=O)c1c(O)c(=O)c(-c2nnc(Cc4ccc(F)cc4F)s2)cn1N3C. The van der Waals surface area contributed by atoms with Crippen molar-refractivity contribution in [1.82, 2.24) is 19.8 Å². The lowest BCUT2D eigenvalue weighted by atomic mass is 9.96. The monoisotopic (exact) mass is 527 g/mol. The Morgan fingerprint density at radius 3 is 2.51 bits per heavy atom. The fourth-order valence-electron chi connectivity index (χ4n) is 6.68. The average Bonchev–Trinajstić information content (AvgIpc) is 3.54. The smallest absolute Gasteiger partial charge is 0.278 e. The van der Waals surface area contributed by atoms with Crippen molar-refractivity contribution in [2.24, 2.45) is 17.8 Å². The molecule has 2 fully saturated rings. The fourth-order valence-corrected chi connectivity index (χ4v) is 7.55. The van der Waals surface area contributed by atoms with Crippen LogP contribution >= 0.6 is 11.3 Å². The van der Waals surface area contributed by atoms with E-state index < -0.39 is 34.4 Å². The Morgan fingerprint density at radius 2 is 1.84 bits per heavy atom. The van der Waals surface area contributed by atoms with Gasteiger partial charge >= 0.3 is 0 Å². The molecule has 6 rings (SSSR count). The van der Waals surface area contributed by atoms with Gasteiger partial charge < -0.3 is 10.0 Å². The van der Waals surface area contributed by atoms with Gasteiger partial charge in [-0.3, -0.25) is 19.3 Å². The summed E-state index contributed by atoms with van der Waals surface area (Å²) in [7, 11) is 3.63. The number of halogens is 2. The molecule has 1 aliphatic heterocycles. The minimum Gasteiger partial charge on any atom is -0.502 e. The molecule has 2 saturated carbocycles. The van der Waals surface area contributed by atoms with Crippen molar-refractivity contribution < 1.29 is 18.7 Å². The van der Waals surface area contributed by atoms with E-state index in [0.29, 0.717) is 22.8 Å². The van der Waals surface area contributed by atoms with Crippen LogP contribution in [0, 0.1) is 29.4 Å². The number of nitrogens with zero attached hydrogens (tertiary/aromatic N) is 5. The molecule has 194 valence electrons. The van der Waals surface area contributed by atoms with Crippen molar-refractivity contribution in [2.45, 2.75) is 44.7 Å². The summed E-state index contributed by atoms with van der Waals surface area (Å²) >= 11 is 1.09. The highest BCUT2D eigenvalue weighted by Crippen LogP contribution is 2.54. The van der Waals surface area contributed by atoms with Gasteiger partial charge in [-0.25, -0.2) is 8.78 Å². The van der Waals surface area contributed by atoms with Gasteiger partial charge in [-0.15, -0.1) is 10.2 Å². The molecule has 3 aromatic rings. The van der Waals surface area contributed by atoms with E-state index in [1.54, 1.807) is 22.8 Å². The summed E-state index contributed by atoms with van der Waals surface area (Å²) in [5.41, 5.74) is -0.982. The highest BCUT2D eigenvalue weighted by molar-refractivity contribution is 7.14. The highest BCUT2D eigenvalue weighted by atomic mass is 32.1. The third kappa shape index (κ3) is 3.58. The van der Waals surface area contributed by atoms with Gasteiger partial charge in [0.25, 0.3) is 5.91 Å². The average molecular weight is 528 g/mol. The predicted octanol–water partition coefficient (Wildman–Crippen LogP) is 3.75. The van der Waals surface area contributed by atoms with E-state index in [4.69, 9.17) is 0 Å². The zero-order valence-electron chi connectivity index (χ0n) is 20.7. The molecule has 4 atom stereocenters. The molecule has 37 heavy (non-hydrogen) atoms. The molecule has 1 N–H and O–H groups in total. The minimum atomic E-state index is -0.717. The molecule has 0 bridgehead atoms. The van der Waals surface area contributed by atoms with Crippen LogP contribution in [0.3, 0.4) is 0 Å². The normalized spacial score (nSPS) is 26.7. The quantitative estimate of drug-likeness (QED) is 0.558. The molecular weight excluding hydrogens is 500 g/mol. The van der Waals surface area contributed by atoms with E-state index in [2.05, 4.69) is 17.1 Å². The topological polar surface area (TPSA) is 91.6 Å². The molecule has 1 amide bonds. The first-order chi connectivity index (χ1) is 17.6. The third-order valence-corrected chi connectivity index (χ3v) is 9.49. The Kier molecular flexibility index (Phi) is 5.41. The van der Waals surface area contributed by atoms with Gasteiger partial charge in [0.15, 0.2) is 16.5 Å². The molecule has 11 heteroatoms. The number of amides is 1. The highest BCUT2D eigenvalue weighted by Gasteiger charge is 2.57. The van der Waals surface area contributed by atoms with E-state index >= 15 is 0 Å². The van der Waals surface area contributed by atoms with Crippen LogP contribution in [-0.4, -0.2) is 50.5 Å². The molecule has 2 aliphatic carbocycles. The number of hydrogen-bond acceptors (Lipinski definition) is 7. The van der Waals surface area contributed by atoms with Gasteiger partial charge in [0.2, 0.25) is 5.43 Å². The van der Waals surface area contributed by atoms with Crippen LogP contribution in [0.2, 0.25) is 0 Å². The van der Waals surface area contributed by atoms with Crippen molar-refractivity contribution in [3.63, 3.8) is 0 Å². The van der Waals surface area contributed by atoms with Gasteiger partial charge in [-0.05, 0) is 55.1 Å². The lowest BCUT2D eigenvalue weighted by molar-refractivity contribution is 0.0374. The number of pyridine rings is 1. The Morgan fingerprint density at radius 1 is 1.14 bits per heavy atom. The predicted molar refractivity (Wildman–Crippen MR) is 134 cm³/mol. The standard InChI is InChI=1S/C26H27F2N5O3S/c1-13-6-15-10-26(11-16(15)7-13)31(2)25(36)21-23(35)22(34)18(12-33(21)32(26)3)24-30-29-20(37-24)8-14-4-5-17(27)9-19(14)28/h4-5,9,12-13,15-16,35H,6-8,10-11H2,1-3H3/t13?,15-,16+,26?. The summed E-state index contributed by atoms with van der Waals surface area (Å²) in [5, 5.41) is 21.7. The molecule has 3 aliphatic rings. The van der Waals surface area contributed by atoms with Crippen molar-refractivity contribution in [1.29, 1.82) is 0 Å². The van der Waals surface area contributed by atoms with Gasteiger partial charge in [0.05, 0.1) is 5.56 Å². The summed E-state index contributed by atoms with van der Waals surface area (Å²) in [4.78, 5) is 28.3. The molecular formula is C26H27F2N5O3S. The maximum atomic E-state index is 14.1. The van der Waals surface area contributed by atoms with E-state index in [0.717, 1.165) is 43.1 Å². The summed E-state index contributed by atoms with van der Waals surface area (Å²) in [6.07, 6.45) is 5.55. The van der Waals surface area contributed by atoms with Crippen LogP contribution < -0.4 is 10.4 Å². The van der Waals surface area contributed by atoms with Crippen LogP contribution in [0.4, 0.5) is 8.78 Å². The number of rotatable bonds is 3. The second kappa shape index (κ2) is 8.34. The van der Waals surface area contributed by atoms with Gasteiger partial charge in [-0.2, -0.15) is 0 Å². The maximum Gasteiger partial charge on any atom is 0.278 e. The molecule has 1 aromatic carbocycles. The summed E-state index contributed by atoms with van der Waals surface area (Å²) in [5.74, 6) is -0.650. The van der Waals surface area contributed by atoms with E-state index in [9.17, 15) is 23.5 Å². The molecule has 0 saturated heterocycles. The minimum absolute atomic E-state index is 0.0760. The molecule has 1 spiro atoms. The number of carbonyl (C=O) groups is 1. The molecule has 0 radical (unpaired) electrons. The van der Waals surface area contributed by atoms with Crippen LogP contribution in [0.1, 0.15) is 53.7 Å². The maximum absolute atomic E-state index is 14.1. The Labute approximate surface area is 216 Å². The largest absolute Gasteiger partial charge is 0.502 e. The van der Waals surface area contributed by atoms with Crippen molar-refractivity contribution in [2.75, 3.05) is 19.1 Å². The summed E-state index contributed by atoms with van der Waals surface area (Å²) in [6.45, 7) is 2.27. The van der Waals surface area contributed by atoms with Crippen molar-refractivity contribution in [3.8, 4) is 16.3 Å². The van der Waals surface area contributed by atoms with Crippen LogP contribution in [0.5, 0.6) is 5.75 Å². The van der Waals surface area contributed by atoms with E-state index in [1.165, 1.54) is 12.1 Å². The first kappa shape index (κ1) is 24.0. The molecule has 2 unspecified atom stereocenters. The number of hydrogen-bond donors (Lipinski definition) is 1. The second-order valence-electron chi connectivity index (χ2n) is 10.7. The molecule has 8 nitrogen and oxygen atoms in total. The van der Waals surface area contributed by atoms with E-state index in [1.807, 2.05) is 12.1 Å². The Hall–Kier alpha value is -3.34. The third-order valence-electron chi connectivity index (χ3n) is 8.53. The second-order valence-corrected chi connectivity index (χ2v) is 11.8. The summed E-state index contributed by atoms with van der Waals surface area (Å²) in [6, 6.07) is 3.33. The Balaban J connectivity index is 1.38. The Bertz CT molecular complexity index is 1470. The van der Waals surface area contributed by atoms with Crippen LogP contribution in [0.25, 0.3) is 10.6 Å². The van der Waals surface area contributed by atoms with Gasteiger partial charge in [-0.1, -0.05) is 24.3 Å². The lowest BCUT2D eigenvalue weighted by Crippen LogP contribution is -2.67. The first-order valence-electron chi connectivity index (χ1n) is 12.4. The van der Waals surface area contributed by atoms with Crippen LogP contribution in [-0.2, 0) is 6.42 Å². The fraction of sp³-hybridized carbons (Fsp3) is 0.462. The molecule has 3 heterocycles. The van der Waals surface area contributed by atoms with Crippen LogP contribution in [0.15, 0.2) is 29.2 Å². The van der Waals surface area contributed by atoms with Crippen molar-refractivity contribution >= 4 is 17.2 Å². The zero-order valence-corrected chi connectivity index (χ0v) is 21.6. The number of fused-ring (bicyclic) bond motifs is 2. The number of aromatic hydroxyl groups is 1. The summed E-state index contributed by atoms with van der Waals surface area (Å²) < 4.78 is 29.0. The lowest BCUT2D eigenvalue weighted by Gasteiger charge is -2.52.